The summed E-state index contributed by atoms with van der Waals surface area (Å²) in [7, 11) is 1.56. The van der Waals surface area contributed by atoms with Crippen molar-refractivity contribution in [3.05, 3.63) is 93.7 Å². The second-order valence-corrected chi connectivity index (χ2v) is 6.56. The monoisotopic (exact) mass is 423 g/mol. The van der Waals surface area contributed by atoms with E-state index in [4.69, 9.17) is 9.47 Å². The number of hydrogen-bond donors (Lipinski definition) is 1. The summed E-state index contributed by atoms with van der Waals surface area (Å²) >= 11 is 0. The molecule has 0 unspecified atom stereocenters. The summed E-state index contributed by atoms with van der Waals surface area (Å²) in [5, 5.41) is 3.91. The van der Waals surface area contributed by atoms with Crippen molar-refractivity contribution in [3.8, 4) is 11.5 Å². The van der Waals surface area contributed by atoms with Crippen molar-refractivity contribution in [2.45, 2.75) is 13.5 Å². The molecule has 3 rings (SSSR count). The Morgan fingerprint density at radius 1 is 1.13 bits per heavy atom. The molecule has 0 radical (unpaired) electrons. The zero-order valence-corrected chi connectivity index (χ0v) is 17.2. The minimum Gasteiger partial charge on any atom is -0.490 e. The number of nitrogens with zero attached hydrogens (tertiary/aromatic N) is 2. The fourth-order valence-corrected chi connectivity index (χ4v) is 2.76. The van der Waals surface area contributed by atoms with Crippen LogP contribution in [0.4, 0.5) is 4.39 Å². The SMILES string of the molecule is CCOc1cc(/C=N\NC(=O)c2cccn(C)c2=O)ccc1OCc1ccccc1F. The van der Waals surface area contributed by atoms with Crippen LogP contribution in [-0.2, 0) is 13.7 Å². The summed E-state index contributed by atoms with van der Waals surface area (Å²) in [6.45, 7) is 2.30. The van der Waals surface area contributed by atoms with Crippen molar-refractivity contribution in [2.24, 2.45) is 12.1 Å². The van der Waals surface area contributed by atoms with Crippen LogP contribution in [0, 0.1) is 5.82 Å². The Hall–Kier alpha value is -3.94. The van der Waals surface area contributed by atoms with E-state index in [1.165, 1.54) is 22.9 Å². The third kappa shape index (κ3) is 5.57. The van der Waals surface area contributed by atoms with Gasteiger partial charge in [0.1, 0.15) is 18.0 Å². The van der Waals surface area contributed by atoms with E-state index in [9.17, 15) is 14.0 Å². The van der Waals surface area contributed by atoms with E-state index >= 15 is 0 Å². The highest BCUT2D eigenvalue weighted by atomic mass is 19.1. The van der Waals surface area contributed by atoms with Gasteiger partial charge in [-0.2, -0.15) is 5.10 Å². The number of carbonyl (C=O) groups excluding carboxylic acids is 1. The van der Waals surface area contributed by atoms with Crippen molar-refractivity contribution >= 4 is 12.1 Å². The molecule has 0 spiro atoms. The molecule has 1 aromatic heterocycles. The van der Waals surface area contributed by atoms with Gasteiger partial charge in [-0.1, -0.05) is 18.2 Å². The summed E-state index contributed by atoms with van der Waals surface area (Å²) in [5.41, 5.74) is 3.00. The van der Waals surface area contributed by atoms with E-state index in [2.05, 4.69) is 10.5 Å². The number of amides is 1. The minimum absolute atomic E-state index is 0.00551. The van der Waals surface area contributed by atoms with Crippen molar-refractivity contribution in [3.63, 3.8) is 0 Å². The van der Waals surface area contributed by atoms with E-state index in [0.717, 1.165) is 0 Å². The van der Waals surface area contributed by atoms with Crippen molar-refractivity contribution < 1.29 is 18.7 Å². The second kappa shape index (κ2) is 10.2. The van der Waals surface area contributed by atoms with Gasteiger partial charge in [-0.05, 0) is 48.9 Å². The van der Waals surface area contributed by atoms with Gasteiger partial charge in [-0.3, -0.25) is 9.59 Å². The molecule has 2 aromatic carbocycles. The number of ether oxygens (including phenoxy) is 2. The van der Waals surface area contributed by atoms with E-state index in [-0.39, 0.29) is 18.0 Å². The van der Waals surface area contributed by atoms with Crippen LogP contribution in [-0.4, -0.2) is 23.3 Å². The first-order valence-corrected chi connectivity index (χ1v) is 9.61. The second-order valence-electron chi connectivity index (χ2n) is 6.56. The molecule has 0 fully saturated rings. The Kier molecular flexibility index (Phi) is 7.16. The first-order valence-electron chi connectivity index (χ1n) is 9.61. The maximum atomic E-state index is 13.8. The highest BCUT2D eigenvalue weighted by Gasteiger charge is 2.11. The lowest BCUT2D eigenvalue weighted by Gasteiger charge is -2.13. The van der Waals surface area contributed by atoms with Crippen LogP contribution < -0.4 is 20.5 Å². The molecule has 31 heavy (non-hydrogen) atoms. The van der Waals surface area contributed by atoms with Gasteiger partial charge in [-0.25, -0.2) is 9.82 Å². The van der Waals surface area contributed by atoms with Crippen LogP contribution in [0.1, 0.15) is 28.4 Å². The largest absolute Gasteiger partial charge is 0.490 e. The highest BCUT2D eigenvalue weighted by Crippen LogP contribution is 2.29. The molecule has 0 saturated heterocycles. The Bertz CT molecular complexity index is 1160. The number of pyridine rings is 1. The number of nitrogens with one attached hydrogen (secondary N) is 1. The fourth-order valence-electron chi connectivity index (χ4n) is 2.76. The van der Waals surface area contributed by atoms with Crippen LogP contribution >= 0.6 is 0 Å². The topological polar surface area (TPSA) is 81.9 Å². The number of hydrazone groups is 1. The molecular weight excluding hydrogens is 401 g/mol. The van der Waals surface area contributed by atoms with Crippen molar-refractivity contribution in [1.29, 1.82) is 0 Å². The average Bonchev–Trinajstić information content (AvgIpc) is 2.76. The molecule has 0 aliphatic carbocycles. The van der Waals surface area contributed by atoms with Crippen LogP contribution in [0.2, 0.25) is 0 Å². The van der Waals surface area contributed by atoms with Gasteiger partial charge in [0.05, 0.1) is 12.8 Å². The number of benzene rings is 2. The van der Waals surface area contributed by atoms with Crippen molar-refractivity contribution in [2.75, 3.05) is 6.61 Å². The summed E-state index contributed by atoms with van der Waals surface area (Å²) in [6, 6.07) is 14.5. The van der Waals surface area contributed by atoms with E-state index in [1.54, 1.807) is 55.7 Å². The normalized spacial score (nSPS) is 10.8. The van der Waals surface area contributed by atoms with Crippen LogP contribution in [0.5, 0.6) is 11.5 Å². The quantitative estimate of drug-likeness (QED) is 0.445. The van der Waals surface area contributed by atoms with Gasteiger partial charge in [0.2, 0.25) is 0 Å². The molecular formula is C23H22FN3O4. The van der Waals surface area contributed by atoms with Crippen LogP contribution in [0.25, 0.3) is 0 Å². The van der Waals surface area contributed by atoms with E-state index in [1.807, 2.05) is 6.92 Å². The van der Waals surface area contributed by atoms with Gasteiger partial charge in [0.15, 0.2) is 11.5 Å². The maximum absolute atomic E-state index is 13.8. The predicted molar refractivity (Wildman–Crippen MR) is 115 cm³/mol. The van der Waals surface area contributed by atoms with E-state index in [0.29, 0.717) is 29.2 Å². The lowest BCUT2D eigenvalue weighted by molar-refractivity contribution is 0.0953. The molecule has 3 aromatic rings. The molecule has 8 heteroatoms. The standard InChI is InChI=1S/C23H22FN3O4/c1-3-30-21-13-16(10-11-20(21)31-15-17-7-4-5-9-19(17)24)14-25-26-22(28)18-8-6-12-27(2)23(18)29/h4-14H,3,15H2,1-2H3,(H,26,28)/b25-14-. The highest BCUT2D eigenvalue weighted by molar-refractivity contribution is 5.94. The van der Waals surface area contributed by atoms with Crippen LogP contribution in [0.3, 0.4) is 0 Å². The lowest BCUT2D eigenvalue weighted by atomic mass is 10.2. The molecule has 0 saturated carbocycles. The van der Waals surface area contributed by atoms with Gasteiger partial charge in [-0.15, -0.1) is 0 Å². The van der Waals surface area contributed by atoms with Gasteiger partial charge >= 0.3 is 0 Å². The molecule has 0 aliphatic rings. The first kappa shape index (κ1) is 21.8. The smallest absolute Gasteiger partial charge is 0.276 e. The summed E-state index contributed by atoms with van der Waals surface area (Å²) in [5.74, 6) is -0.0226. The third-order valence-corrected chi connectivity index (χ3v) is 4.36. The lowest BCUT2D eigenvalue weighted by Crippen LogP contribution is -2.29. The third-order valence-electron chi connectivity index (χ3n) is 4.36. The number of hydrogen-bond acceptors (Lipinski definition) is 5. The summed E-state index contributed by atoms with van der Waals surface area (Å²) < 4.78 is 26.4. The first-order chi connectivity index (χ1) is 15.0. The Morgan fingerprint density at radius 2 is 1.94 bits per heavy atom. The zero-order chi connectivity index (χ0) is 22.2. The molecule has 1 N–H and O–H groups in total. The average molecular weight is 423 g/mol. The number of carbonyl (C=O) groups is 1. The molecule has 1 heterocycles. The Labute approximate surface area is 178 Å². The zero-order valence-electron chi connectivity index (χ0n) is 17.2. The Morgan fingerprint density at radius 3 is 2.71 bits per heavy atom. The number of rotatable bonds is 8. The van der Waals surface area contributed by atoms with Crippen molar-refractivity contribution in [1.82, 2.24) is 9.99 Å². The summed E-state index contributed by atoms with van der Waals surface area (Å²) in [6.07, 6.45) is 2.99. The van der Waals surface area contributed by atoms with Gasteiger partial charge in [0.25, 0.3) is 11.5 Å². The Balaban J connectivity index is 1.69. The van der Waals surface area contributed by atoms with Crippen LogP contribution in [0.15, 0.2) is 70.7 Å². The van der Waals surface area contributed by atoms with E-state index < -0.39 is 11.5 Å². The number of aryl methyl sites for hydroxylation is 1. The molecule has 0 aliphatic heterocycles. The fraction of sp³-hybridized carbons (Fsp3) is 0.174. The molecule has 7 nitrogen and oxygen atoms in total. The van der Waals surface area contributed by atoms with Gasteiger partial charge in [0, 0.05) is 18.8 Å². The van der Waals surface area contributed by atoms with Gasteiger partial charge < -0.3 is 14.0 Å². The molecule has 0 bridgehead atoms. The number of halogens is 1. The molecule has 0 atom stereocenters. The maximum Gasteiger partial charge on any atom is 0.276 e. The minimum atomic E-state index is -0.604. The molecule has 1 amide bonds. The number of aromatic nitrogens is 1. The molecule has 160 valence electrons. The summed E-state index contributed by atoms with van der Waals surface area (Å²) in [4.78, 5) is 24.1. The predicted octanol–water partition coefficient (Wildman–Crippen LogP) is 3.27.